The van der Waals surface area contributed by atoms with Gasteiger partial charge >= 0.3 is 6.09 Å². The van der Waals surface area contributed by atoms with E-state index in [4.69, 9.17) is 16.3 Å². The Bertz CT molecular complexity index is 1170. The topological polar surface area (TPSA) is 94.6 Å². The van der Waals surface area contributed by atoms with Gasteiger partial charge < -0.3 is 9.84 Å². The summed E-state index contributed by atoms with van der Waals surface area (Å²) in [6, 6.07) is 12.4. The number of benzene rings is 2. The molecule has 1 aliphatic rings. The van der Waals surface area contributed by atoms with Crippen LogP contribution in [0, 0.1) is 10.1 Å². The molecule has 0 radical (unpaired) electrons. The van der Waals surface area contributed by atoms with Crippen LogP contribution in [0.15, 0.2) is 53.6 Å². The zero-order chi connectivity index (χ0) is 22.5. The second-order valence-electron chi connectivity index (χ2n) is 8.36. The van der Waals surface area contributed by atoms with E-state index in [-0.39, 0.29) is 0 Å². The van der Waals surface area contributed by atoms with Crippen LogP contribution >= 0.6 is 23.4 Å². The smallest absolute Gasteiger partial charge is 0.419 e. The van der Waals surface area contributed by atoms with E-state index >= 15 is 0 Å². The van der Waals surface area contributed by atoms with Crippen molar-refractivity contribution in [3.63, 3.8) is 0 Å². The maximum atomic E-state index is 13.1. The second kappa shape index (κ2) is 7.85. The lowest BCUT2D eigenvalue weighted by molar-refractivity contribution is -0.536. The lowest BCUT2D eigenvalue weighted by Gasteiger charge is -2.30. The van der Waals surface area contributed by atoms with Crippen LogP contribution in [0.3, 0.4) is 0 Å². The molecule has 0 saturated heterocycles. The Morgan fingerprint density at radius 3 is 2.45 bits per heavy atom. The average molecular weight is 461 g/mol. The fourth-order valence-electron chi connectivity index (χ4n) is 3.80. The first-order chi connectivity index (χ1) is 14.6. The number of aliphatic hydroxyl groups excluding tert-OH is 1. The molecule has 0 bridgehead atoms. The van der Waals surface area contributed by atoms with Crippen LogP contribution in [0.1, 0.15) is 43.3 Å². The summed E-state index contributed by atoms with van der Waals surface area (Å²) < 4.78 is 7.01. The molecule has 3 atom stereocenters. The van der Waals surface area contributed by atoms with Gasteiger partial charge in [-0.1, -0.05) is 53.7 Å². The molecule has 0 aliphatic carbocycles. The van der Waals surface area contributed by atoms with Gasteiger partial charge in [0, 0.05) is 20.9 Å². The molecular formula is C22H21ClN2O5S. The van der Waals surface area contributed by atoms with Crippen molar-refractivity contribution in [2.24, 2.45) is 0 Å². The summed E-state index contributed by atoms with van der Waals surface area (Å²) in [4.78, 5) is 24.7. The van der Waals surface area contributed by atoms with Crippen molar-refractivity contribution in [3.05, 3.63) is 74.8 Å². The summed E-state index contributed by atoms with van der Waals surface area (Å²) >= 11 is 7.17. The molecule has 0 amide bonds. The number of carbonyl (C=O) groups excluding carboxylic acids is 1. The monoisotopic (exact) mass is 460 g/mol. The molecule has 3 aromatic rings. The largest absolute Gasteiger partial charge is 0.443 e. The van der Waals surface area contributed by atoms with Gasteiger partial charge in [0.1, 0.15) is 10.9 Å². The normalized spacial score (nSPS) is 21.0. The Hall–Kier alpha value is -2.55. The molecule has 9 heteroatoms. The average Bonchev–Trinajstić information content (AvgIpc) is 3.01. The molecule has 31 heavy (non-hydrogen) atoms. The van der Waals surface area contributed by atoms with Crippen LogP contribution in [0.4, 0.5) is 4.79 Å². The van der Waals surface area contributed by atoms with E-state index in [2.05, 4.69) is 0 Å². The van der Waals surface area contributed by atoms with Gasteiger partial charge in [0.15, 0.2) is 6.10 Å². The molecule has 0 saturated carbocycles. The van der Waals surface area contributed by atoms with Crippen molar-refractivity contribution >= 4 is 40.4 Å². The zero-order valence-electron chi connectivity index (χ0n) is 17.1. The molecule has 1 aromatic heterocycles. The van der Waals surface area contributed by atoms with Gasteiger partial charge in [-0.2, -0.15) is 0 Å². The van der Waals surface area contributed by atoms with Gasteiger partial charge in [-0.05, 0) is 44.5 Å². The minimum Gasteiger partial charge on any atom is -0.443 e. The maximum Gasteiger partial charge on any atom is 0.419 e. The molecule has 1 N–H and O–H groups in total. The van der Waals surface area contributed by atoms with E-state index in [0.29, 0.717) is 32.1 Å². The number of nitro groups is 1. The number of thioether (sulfide) groups is 1. The van der Waals surface area contributed by atoms with Gasteiger partial charge in [0.25, 0.3) is 6.04 Å². The van der Waals surface area contributed by atoms with Crippen molar-refractivity contribution in [2.75, 3.05) is 0 Å². The number of halogens is 1. The van der Waals surface area contributed by atoms with Crippen molar-refractivity contribution < 1.29 is 19.6 Å². The lowest BCUT2D eigenvalue weighted by Crippen LogP contribution is -2.36. The van der Waals surface area contributed by atoms with Crippen LogP contribution in [-0.4, -0.2) is 32.3 Å². The Labute approximate surface area is 188 Å². The standard InChI is InChI=1S/C22H21ClN2O5S/c1-22(2,3)30-21(27)24-15-7-5-4-6-14(15)16-18(26)17(25(28)29)19(31-20(16)24)12-8-10-13(23)11-9-12/h4-11,17-19,26H,1-3H3/t17-,18-,19+/m0/s1. The van der Waals surface area contributed by atoms with Crippen molar-refractivity contribution in [1.29, 1.82) is 0 Å². The quantitative estimate of drug-likeness (QED) is 0.395. The molecule has 162 valence electrons. The molecule has 4 rings (SSSR count). The highest BCUT2D eigenvalue weighted by Gasteiger charge is 2.49. The van der Waals surface area contributed by atoms with Crippen LogP contribution in [0.25, 0.3) is 10.9 Å². The Morgan fingerprint density at radius 2 is 1.84 bits per heavy atom. The number of carbonyl (C=O) groups is 1. The number of nitrogens with zero attached hydrogens (tertiary/aromatic N) is 2. The molecule has 2 heterocycles. The summed E-state index contributed by atoms with van der Waals surface area (Å²) in [5.41, 5.74) is 0.819. The van der Waals surface area contributed by atoms with Gasteiger partial charge in [0.05, 0.1) is 10.5 Å². The number of para-hydroxylation sites is 1. The second-order valence-corrected chi connectivity index (χ2v) is 9.93. The third kappa shape index (κ3) is 3.91. The molecule has 0 unspecified atom stereocenters. The van der Waals surface area contributed by atoms with Crippen molar-refractivity contribution in [2.45, 2.75) is 48.8 Å². The van der Waals surface area contributed by atoms with E-state index in [1.54, 1.807) is 69.3 Å². The van der Waals surface area contributed by atoms with Crippen molar-refractivity contribution in [1.82, 2.24) is 4.57 Å². The highest BCUT2D eigenvalue weighted by Crippen LogP contribution is 2.53. The Morgan fingerprint density at radius 1 is 1.19 bits per heavy atom. The molecule has 0 spiro atoms. The fourth-order valence-corrected chi connectivity index (χ4v) is 5.49. The molecule has 0 fully saturated rings. The summed E-state index contributed by atoms with van der Waals surface area (Å²) in [7, 11) is 0. The third-order valence-corrected chi connectivity index (χ3v) is 6.74. The van der Waals surface area contributed by atoms with Crippen LogP contribution in [0.2, 0.25) is 5.02 Å². The fraction of sp³-hybridized carbons (Fsp3) is 0.318. The predicted molar refractivity (Wildman–Crippen MR) is 119 cm³/mol. The SMILES string of the molecule is CC(C)(C)OC(=O)n1c2c(c3ccccc31)[C@H](O)[C@H]([N+](=O)[O-])[C@@H](c1ccc(Cl)cc1)S2. The molecule has 2 aromatic carbocycles. The Balaban J connectivity index is 1.93. The van der Waals surface area contributed by atoms with Gasteiger partial charge in [-0.3, -0.25) is 10.1 Å². The van der Waals surface area contributed by atoms with Crippen LogP contribution in [-0.2, 0) is 4.74 Å². The van der Waals surface area contributed by atoms with E-state index in [1.165, 1.54) is 16.3 Å². The minimum absolute atomic E-state index is 0.373. The van der Waals surface area contributed by atoms with E-state index in [0.717, 1.165) is 0 Å². The molecule has 7 nitrogen and oxygen atoms in total. The lowest BCUT2D eigenvalue weighted by atomic mass is 9.95. The first-order valence-corrected chi connectivity index (χ1v) is 10.9. The highest BCUT2D eigenvalue weighted by atomic mass is 35.5. The number of aliphatic hydroxyl groups is 1. The predicted octanol–water partition coefficient (Wildman–Crippen LogP) is 5.60. The zero-order valence-corrected chi connectivity index (χ0v) is 18.7. The van der Waals surface area contributed by atoms with E-state index < -0.39 is 34.0 Å². The van der Waals surface area contributed by atoms with Crippen molar-refractivity contribution in [3.8, 4) is 0 Å². The van der Waals surface area contributed by atoms with Crippen LogP contribution in [0.5, 0.6) is 0 Å². The number of aromatic nitrogens is 1. The maximum absolute atomic E-state index is 13.1. The number of fused-ring (bicyclic) bond motifs is 3. The number of hydrogen-bond donors (Lipinski definition) is 1. The Kier molecular flexibility index (Phi) is 5.49. The van der Waals surface area contributed by atoms with Gasteiger partial charge in [-0.15, -0.1) is 0 Å². The van der Waals surface area contributed by atoms with Crippen LogP contribution < -0.4 is 0 Å². The summed E-state index contributed by atoms with van der Waals surface area (Å²) in [6.45, 7) is 5.30. The third-order valence-electron chi connectivity index (χ3n) is 5.05. The van der Waals surface area contributed by atoms with E-state index in [9.17, 15) is 20.0 Å². The summed E-state index contributed by atoms with van der Waals surface area (Å²) in [6.07, 6.45) is -2.00. The molecule has 1 aliphatic heterocycles. The van der Waals surface area contributed by atoms with Gasteiger partial charge in [0.2, 0.25) is 0 Å². The summed E-state index contributed by atoms with van der Waals surface area (Å²) in [5.74, 6) is 0. The first-order valence-electron chi connectivity index (χ1n) is 9.69. The summed E-state index contributed by atoms with van der Waals surface area (Å²) in [5, 5.41) is 24.0. The highest BCUT2D eigenvalue weighted by molar-refractivity contribution is 7.99. The molecular weight excluding hydrogens is 440 g/mol. The number of rotatable bonds is 2. The first kappa shape index (κ1) is 21.7. The number of ether oxygens (including phenoxy) is 1. The number of hydrogen-bond acceptors (Lipinski definition) is 6. The minimum atomic E-state index is -1.40. The van der Waals surface area contributed by atoms with E-state index in [1.807, 2.05) is 0 Å². The van der Waals surface area contributed by atoms with Gasteiger partial charge in [-0.25, -0.2) is 9.36 Å².